The maximum Gasteiger partial charge on any atom is 0.373 e. The Hall–Kier alpha value is -2.19. The monoisotopic (exact) mass is 189 g/mol. The van der Waals surface area contributed by atoms with Crippen LogP contribution >= 0.6 is 0 Å². The van der Waals surface area contributed by atoms with Gasteiger partial charge < -0.3 is 4.98 Å². The third-order valence-electron chi connectivity index (χ3n) is 1.63. The molecule has 0 aliphatic rings. The molecule has 1 aromatic carbocycles. The van der Waals surface area contributed by atoms with Gasteiger partial charge in [-0.1, -0.05) is 18.2 Å². The van der Waals surface area contributed by atoms with Crippen molar-refractivity contribution in [1.29, 1.82) is 0 Å². The standard InChI is InChI=1S/C9H7NO.CO2/c11-9-6-5-7-3-1-2-4-8(7)10-9;2-1-3/h1-6H,(H,10,11);. The minimum absolute atomic E-state index is 0.0521. The lowest BCUT2D eigenvalue weighted by Gasteiger charge is -1.93. The second-order valence-electron chi connectivity index (χ2n) is 2.49. The molecular weight excluding hydrogens is 182 g/mol. The van der Waals surface area contributed by atoms with Crippen molar-refractivity contribution in [2.75, 3.05) is 0 Å². The van der Waals surface area contributed by atoms with E-state index < -0.39 is 0 Å². The van der Waals surface area contributed by atoms with Gasteiger partial charge in [-0.2, -0.15) is 9.59 Å². The van der Waals surface area contributed by atoms with E-state index in [1.54, 1.807) is 0 Å². The molecule has 4 heteroatoms. The van der Waals surface area contributed by atoms with Crippen LogP contribution in [0.2, 0.25) is 0 Å². The van der Waals surface area contributed by atoms with Crippen LogP contribution in [0.4, 0.5) is 0 Å². The highest BCUT2D eigenvalue weighted by Gasteiger charge is 1.89. The molecule has 1 N–H and O–H groups in total. The van der Waals surface area contributed by atoms with E-state index in [1.807, 2.05) is 30.3 Å². The summed E-state index contributed by atoms with van der Waals surface area (Å²) in [5, 5.41) is 1.06. The van der Waals surface area contributed by atoms with Crippen LogP contribution in [-0.4, -0.2) is 11.1 Å². The average Bonchev–Trinajstić information content (AvgIpc) is 2.19. The minimum atomic E-state index is -0.0521. The first-order valence-corrected chi connectivity index (χ1v) is 3.85. The summed E-state index contributed by atoms with van der Waals surface area (Å²) in [7, 11) is 0. The number of H-pyrrole nitrogens is 1. The molecule has 70 valence electrons. The van der Waals surface area contributed by atoms with E-state index in [1.165, 1.54) is 6.07 Å². The molecule has 0 unspecified atom stereocenters. The Morgan fingerprint density at radius 3 is 2.36 bits per heavy atom. The Bertz CT molecular complexity index is 510. The van der Waals surface area contributed by atoms with Crippen LogP contribution in [0.3, 0.4) is 0 Å². The molecule has 14 heavy (non-hydrogen) atoms. The Balaban J connectivity index is 0.000000293. The lowest BCUT2D eigenvalue weighted by atomic mass is 10.2. The van der Waals surface area contributed by atoms with Crippen LogP contribution < -0.4 is 5.56 Å². The van der Waals surface area contributed by atoms with E-state index in [0.29, 0.717) is 0 Å². The Morgan fingerprint density at radius 2 is 1.64 bits per heavy atom. The summed E-state index contributed by atoms with van der Waals surface area (Å²) in [5.41, 5.74) is 0.837. The number of pyridine rings is 1. The number of benzene rings is 1. The summed E-state index contributed by atoms with van der Waals surface area (Å²) in [6, 6.07) is 11.0. The van der Waals surface area contributed by atoms with Gasteiger partial charge in [-0.25, -0.2) is 0 Å². The van der Waals surface area contributed by atoms with E-state index >= 15 is 0 Å². The smallest absolute Gasteiger partial charge is 0.322 e. The number of aromatic amines is 1. The molecule has 0 saturated carbocycles. The molecule has 0 bridgehead atoms. The third kappa shape index (κ3) is 2.40. The number of fused-ring (bicyclic) bond motifs is 1. The van der Waals surface area contributed by atoms with Gasteiger partial charge in [0.05, 0.1) is 0 Å². The first kappa shape index (κ1) is 9.89. The van der Waals surface area contributed by atoms with Crippen LogP contribution in [0.25, 0.3) is 10.9 Å². The first-order valence-electron chi connectivity index (χ1n) is 3.85. The molecule has 0 radical (unpaired) electrons. The molecule has 0 aliphatic heterocycles. The van der Waals surface area contributed by atoms with Crippen LogP contribution in [0.5, 0.6) is 0 Å². The van der Waals surface area contributed by atoms with Gasteiger partial charge in [-0.05, 0) is 17.5 Å². The Labute approximate surface area is 79.2 Å². The number of aromatic nitrogens is 1. The lowest BCUT2D eigenvalue weighted by Crippen LogP contribution is -2.01. The van der Waals surface area contributed by atoms with Crippen molar-refractivity contribution in [3.8, 4) is 0 Å². The summed E-state index contributed by atoms with van der Waals surface area (Å²) in [6.07, 6.45) is 0.250. The minimum Gasteiger partial charge on any atom is -0.322 e. The van der Waals surface area contributed by atoms with Crippen molar-refractivity contribution in [2.24, 2.45) is 0 Å². The summed E-state index contributed by atoms with van der Waals surface area (Å²) < 4.78 is 0. The average molecular weight is 189 g/mol. The van der Waals surface area contributed by atoms with Crippen molar-refractivity contribution in [2.45, 2.75) is 0 Å². The zero-order valence-corrected chi connectivity index (χ0v) is 7.19. The van der Waals surface area contributed by atoms with Gasteiger partial charge in [-0.15, -0.1) is 0 Å². The molecule has 0 aliphatic carbocycles. The van der Waals surface area contributed by atoms with Crippen molar-refractivity contribution in [3.05, 3.63) is 46.8 Å². The predicted molar refractivity (Wildman–Crippen MR) is 49.6 cm³/mol. The highest BCUT2D eigenvalue weighted by atomic mass is 16.2. The molecule has 0 fully saturated rings. The van der Waals surface area contributed by atoms with Gasteiger partial charge in [0.2, 0.25) is 5.56 Å². The summed E-state index contributed by atoms with van der Waals surface area (Å²) in [6.45, 7) is 0. The molecule has 2 rings (SSSR count). The maximum absolute atomic E-state index is 10.8. The van der Waals surface area contributed by atoms with Crippen LogP contribution in [0.15, 0.2) is 41.2 Å². The number of hydrogen-bond acceptors (Lipinski definition) is 3. The van der Waals surface area contributed by atoms with Gasteiger partial charge in [0.25, 0.3) is 0 Å². The largest absolute Gasteiger partial charge is 0.373 e. The van der Waals surface area contributed by atoms with E-state index in [-0.39, 0.29) is 11.7 Å². The van der Waals surface area contributed by atoms with Crippen molar-refractivity contribution in [3.63, 3.8) is 0 Å². The quantitative estimate of drug-likeness (QED) is 0.670. The number of para-hydroxylation sites is 1. The zero-order valence-electron chi connectivity index (χ0n) is 7.19. The molecule has 0 spiro atoms. The van der Waals surface area contributed by atoms with Crippen LogP contribution in [0, 0.1) is 0 Å². The summed E-state index contributed by atoms with van der Waals surface area (Å²) in [4.78, 5) is 29.8. The normalized spacial score (nSPS) is 8.57. The fourth-order valence-electron chi connectivity index (χ4n) is 1.10. The topological polar surface area (TPSA) is 67.0 Å². The number of carbonyl (C=O) groups excluding carboxylic acids is 2. The third-order valence-corrected chi connectivity index (χ3v) is 1.63. The van der Waals surface area contributed by atoms with E-state index in [9.17, 15) is 4.79 Å². The van der Waals surface area contributed by atoms with E-state index in [0.717, 1.165) is 10.9 Å². The molecule has 0 amide bonds. The van der Waals surface area contributed by atoms with E-state index in [4.69, 9.17) is 9.59 Å². The number of nitrogens with one attached hydrogen (secondary N) is 1. The fraction of sp³-hybridized carbons (Fsp3) is 0. The van der Waals surface area contributed by atoms with Crippen molar-refractivity contribution in [1.82, 2.24) is 4.98 Å². The predicted octanol–water partition coefficient (Wildman–Crippen LogP) is 0.945. The van der Waals surface area contributed by atoms with Gasteiger partial charge >= 0.3 is 6.15 Å². The molecule has 0 atom stereocenters. The van der Waals surface area contributed by atoms with E-state index in [2.05, 4.69) is 4.98 Å². The molecule has 2 aromatic rings. The van der Waals surface area contributed by atoms with Gasteiger partial charge in [0.1, 0.15) is 0 Å². The first-order chi connectivity index (χ1) is 6.77. The van der Waals surface area contributed by atoms with Crippen LogP contribution in [-0.2, 0) is 9.59 Å². The lowest BCUT2D eigenvalue weighted by molar-refractivity contribution is -0.191. The van der Waals surface area contributed by atoms with Crippen molar-refractivity contribution >= 4 is 17.1 Å². The second kappa shape index (κ2) is 4.74. The SMILES string of the molecule is O=C=O.O=c1ccc2ccccc2[nH]1. The Kier molecular flexibility index (Phi) is 3.35. The highest BCUT2D eigenvalue weighted by molar-refractivity contribution is 5.77. The summed E-state index contributed by atoms with van der Waals surface area (Å²) >= 11 is 0. The highest BCUT2D eigenvalue weighted by Crippen LogP contribution is 2.06. The molecule has 0 saturated heterocycles. The van der Waals surface area contributed by atoms with Crippen LogP contribution in [0.1, 0.15) is 0 Å². The fourth-order valence-corrected chi connectivity index (χ4v) is 1.10. The van der Waals surface area contributed by atoms with Crippen molar-refractivity contribution < 1.29 is 9.59 Å². The molecule has 4 nitrogen and oxygen atoms in total. The number of hydrogen-bond donors (Lipinski definition) is 1. The van der Waals surface area contributed by atoms with Gasteiger partial charge in [0.15, 0.2) is 0 Å². The summed E-state index contributed by atoms with van der Waals surface area (Å²) in [5.74, 6) is 0. The molecule has 1 heterocycles. The molecular formula is C10H7NO3. The zero-order chi connectivity index (χ0) is 10.4. The maximum atomic E-state index is 10.8. The Morgan fingerprint density at radius 1 is 1.00 bits per heavy atom. The second-order valence-corrected chi connectivity index (χ2v) is 2.49. The molecule has 1 aromatic heterocycles. The van der Waals surface area contributed by atoms with Gasteiger partial charge in [0, 0.05) is 11.6 Å². The number of rotatable bonds is 0. The van der Waals surface area contributed by atoms with Gasteiger partial charge in [-0.3, -0.25) is 4.79 Å².